The van der Waals surface area contributed by atoms with Crippen molar-refractivity contribution < 1.29 is 114 Å². The number of likely N-dealkylation sites (tertiary alicyclic amines) is 4. The van der Waals surface area contributed by atoms with Gasteiger partial charge in [-0.05, 0) is 192 Å². The molecule has 5 saturated heterocycles. The van der Waals surface area contributed by atoms with E-state index in [1.807, 2.05) is 18.7 Å². The van der Waals surface area contributed by atoms with E-state index in [1.165, 1.54) is 82.7 Å². The number of ether oxygens (including phenoxy) is 2. The lowest BCUT2D eigenvalue weighted by Crippen LogP contribution is -2.54. The molecular formula is C87H82F16N18O9. The first-order valence-electron chi connectivity index (χ1n) is 41.3. The number of alkyl halides is 12. The molecular weight excluding hydrogens is 1750 g/mol. The van der Waals surface area contributed by atoms with E-state index < -0.39 is 128 Å². The van der Waals surface area contributed by atoms with Crippen LogP contribution in [0.2, 0.25) is 0 Å². The molecule has 3 atom stereocenters. The summed E-state index contributed by atoms with van der Waals surface area (Å²) >= 11 is 0. The normalized spacial score (nSPS) is 17.3. The van der Waals surface area contributed by atoms with Crippen molar-refractivity contribution >= 4 is 58.2 Å². The number of aliphatic hydroxyl groups excluding tert-OH is 1. The van der Waals surface area contributed by atoms with Crippen LogP contribution in [-0.2, 0) is 39.0 Å². The fraction of sp³-hybridized carbons (Fsp3) is 0.379. The number of piperidine rings is 4. The number of halogens is 16. The van der Waals surface area contributed by atoms with Crippen molar-refractivity contribution in [3.05, 3.63) is 214 Å². The Kier molecular flexibility index (Phi) is 27.6. The van der Waals surface area contributed by atoms with Gasteiger partial charge in [-0.3, -0.25) is 24.0 Å². The van der Waals surface area contributed by atoms with Crippen LogP contribution in [0.5, 0.6) is 0 Å². The van der Waals surface area contributed by atoms with Gasteiger partial charge in [-0.1, -0.05) is 6.92 Å². The number of piperazine rings is 1. The molecule has 130 heavy (non-hydrogen) atoms. The minimum Gasteiger partial charge on any atom is -0.469 e. The van der Waals surface area contributed by atoms with Crippen molar-refractivity contribution in [3.8, 4) is 45.0 Å². The monoisotopic (exact) mass is 1830 g/mol. The zero-order valence-electron chi connectivity index (χ0n) is 69.5. The van der Waals surface area contributed by atoms with E-state index >= 15 is 0 Å². The van der Waals surface area contributed by atoms with E-state index in [9.17, 15) is 104 Å². The maximum absolute atomic E-state index is 13.8. The zero-order chi connectivity index (χ0) is 93.0. The highest BCUT2D eigenvalue weighted by Gasteiger charge is 2.43. The molecule has 4 aromatic carbocycles. The van der Waals surface area contributed by atoms with E-state index in [1.54, 1.807) is 9.80 Å². The SMILES string of the molecule is CCOC1CCN(C(=O)c2cn3nc(-c4ccc(F)cc4)cc(C(F)(F)F)c3n2)CC1.COC(=O)[C@@H]1C[C@@H](C)CN(C(=O)c2cn3nc(-c4ccc(F)cc4)cc(C(F)(F)F)c3n2)C1.O=C(c1cn2nc(-c3ccc(F)cc3)cc(C(F)(F)F)c2n1)N1CCCCC1CO.O=C(c1cn2nc(-c3ccc(F)cc3)cc(C(F)(F)F)c2n1)N1CCN(C(=O)N2CCCCC2)CC1. The standard InChI is InChI=1S/C24H24F4N6O2.C22H20F4N4O3.C21H20F4N4O2.C20H18F4N4O2/c25-17-6-4-16(5-7-17)19-14-18(24(26,27)28)21-29-20(15-34(21)30-19)22(35)31-10-12-33(13-11-31)23(36)32-8-2-1-3-9-32;1-12-7-14(21(32)33-2)10-29(9-12)20(31)18-11-30-19(27-18)16(22(24,25)26)8-17(28-30)13-3-5-15(23)6-4-13;1-2-31-15-7-9-28(10-8-15)20(30)18-12-29-19(26-18)16(21(23,24)25)11-17(27-29)13-3-5-14(22)6-4-13;21-13-6-4-12(5-7-13)16-9-15(20(22,23)24)18-25-17(10-28(18)26-16)19(30)27-8-2-1-3-14(27)11-29/h4-7,14-15H,1-3,8-13H2;3-6,8,11-12,14H,7,9-10H2,1-2H3;3-6,11-12,15H,2,7-10H2,1H3;4-7,9-10,14,29H,1-3,8,11H2/t;12-,14-;;/m.1../s1. The summed E-state index contributed by atoms with van der Waals surface area (Å²) in [5.41, 5.74) is -5.76. The Bertz CT molecular complexity index is 6120. The van der Waals surface area contributed by atoms with E-state index in [-0.39, 0.29) is 101 Å². The maximum atomic E-state index is 13.8. The molecule has 5 aliphatic rings. The van der Waals surface area contributed by atoms with Gasteiger partial charge in [0.05, 0.1) is 79.3 Å². The molecule has 43 heteroatoms. The van der Waals surface area contributed by atoms with Crippen molar-refractivity contribution in [2.75, 3.05) is 92.3 Å². The third-order valence-corrected chi connectivity index (χ3v) is 22.5. The Labute approximate surface area is 728 Å². The van der Waals surface area contributed by atoms with Crippen molar-refractivity contribution in [2.45, 2.75) is 108 Å². The van der Waals surface area contributed by atoms with Crippen LogP contribution in [-0.4, -0.2) is 233 Å². The van der Waals surface area contributed by atoms with E-state index in [0.717, 1.165) is 148 Å². The molecule has 0 bridgehead atoms. The molecule has 1 unspecified atom stereocenters. The second kappa shape index (κ2) is 38.6. The predicted octanol–water partition coefficient (Wildman–Crippen LogP) is 15.5. The first-order chi connectivity index (χ1) is 61.8. The van der Waals surface area contributed by atoms with Gasteiger partial charge in [0.2, 0.25) is 0 Å². The summed E-state index contributed by atoms with van der Waals surface area (Å²) in [6, 6.07) is 22.6. The fourth-order valence-corrected chi connectivity index (χ4v) is 16.0. The van der Waals surface area contributed by atoms with Crippen LogP contribution in [0.25, 0.3) is 67.6 Å². The van der Waals surface area contributed by atoms with Gasteiger partial charge < -0.3 is 44.0 Å². The molecule has 27 nitrogen and oxygen atoms in total. The Hall–Kier alpha value is -13.2. The second-order valence-corrected chi connectivity index (χ2v) is 31.5. The first-order valence-corrected chi connectivity index (χ1v) is 41.3. The molecule has 13 heterocycles. The van der Waals surface area contributed by atoms with Crippen molar-refractivity contribution in [1.29, 1.82) is 0 Å². The van der Waals surface area contributed by atoms with Gasteiger partial charge >= 0.3 is 36.7 Å². The summed E-state index contributed by atoms with van der Waals surface area (Å²) in [7, 11) is 1.26. The van der Waals surface area contributed by atoms with Gasteiger partial charge in [0.1, 0.15) is 68.3 Å². The highest BCUT2D eigenvalue weighted by molar-refractivity contribution is 5.96. The van der Waals surface area contributed by atoms with E-state index in [2.05, 4.69) is 40.3 Å². The number of benzene rings is 4. The second-order valence-electron chi connectivity index (χ2n) is 31.5. The van der Waals surface area contributed by atoms with Crippen molar-refractivity contribution in [1.82, 2.24) is 87.8 Å². The molecule has 0 spiro atoms. The molecule has 0 aliphatic carbocycles. The number of hydrogen-bond donors (Lipinski definition) is 1. The number of imidazole rings is 4. The molecule has 686 valence electrons. The van der Waals surface area contributed by atoms with Crippen LogP contribution >= 0.6 is 0 Å². The number of hydrogen-bond acceptors (Lipinski definition) is 17. The summed E-state index contributed by atoms with van der Waals surface area (Å²) in [5.74, 6) is -5.18. The average molecular weight is 1830 g/mol. The number of aliphatic hydroxyl groups is 1. The molecule has 8 aromatic heterocycles. The Balaban J connectivity index is 0.000000140. The minimum absolute atomic E-state index is 0.00206. The van der Waals surface area contributed by atoms with Gasteiger partial charge in [0.15, 0.2) is 22.6 Å². The van der Waals surface area contributed by atoms with Gasteiger partial charge in [-0.15, -0.1) is 0 Å². The quantitative estimate of drug-likeness (QED) is 0.0878. The van der Waals surface area contributed by atoms with E-state index in [0.29, 0.717) is 88.2 Å². The van der Waals surface area contributed by atoms with Crippen LogP contribution in [0.3, 0.4) is 0 Å². The third kappa shape index (κ3) is 21.2. The maximum Gasteiger partial charge on any atom is 0.420 e. The van der Waals surface area contributed by atoms with Gasteiger partial charge in [0, 0.05) is 101 Å². The number of rotatable bonds is 12. The number of esters is 1. The topological polar surface area (TPSA) is 281 Å². The molecule has 5 aliphatic heterocycles. The van der Waals surface area contributed by atoms with Crippen LogP contribution in [0, 0.1) is 35.1 Å². The zero-order valence-corrected chi connectivity index (χ0v) is 69.5. The fourth-order valence-electron chi connectivity index (χ4n) is 16.0. The highest BCUT2D eigenvalue weighted by atomic mass is 19.4. The lowest BCUT2D eigenvalue weighted by Gasteiger charge is -2.38. The number of fused-ring (bicyclic) bond motifs is 4. The van der Waals surface area contributed by atoms with Crippen LogP contribution < -0.4 is 0 Å². The first kappa shape index (κ1) is 92.9. The van der Waals surface area contributed by atoms with Gasteiger partial charge in [-0.25, -0.2) is 60.4 Å². The Morgan fingerprint density at radius 3 is 1.06 bits per heavy atom. The number of aromatic nitrogens is 12. The highest BCUT2D eigenvalue weighted by Crippen LogP contribution is 2.41. The summed E-state index contributed by atoms with van der Waals surface area (Å²) in [6.45, 7) is 8.51. The molecule has 1 N–H and O–H groups in total. The van der Waals surface area contributed by atoms with Crippen molar-refractivity contribution in [3.63, 3.8) is 0 Å². The minimum atomic E-state index is -4.76. The van der Waals surface area contributed by atoms with E-state index in [4.69, 9.17) is 9.47 Å². The number of amides is 6. The van der Waals surface area contributed by atoms with Gasteiger partial charge in [0.25, 0.3) is 23.6 Å². The lowest BCUT2D eigenvalue weighted by atomic mass is 9.90. The number of carbonyl (C=O) groups is 6. The molecule has 0 saturated carbocycles. The molecule has 12 aromatic rings. The summed E-state index contributed by atoms with van der Waals surface area (Å²) in [6.07, 6.45) is -7.04. The Morgan fingerprint density at radius 2 is 0.723 bits per heavy atom. The lowest BCUT2D eigenvalue weighted by molar-refractivity contribution is -0.147. The number of carbonyl (C=O) groups excluding carboxylic acids is 6. The number of methoxy groups -OCH3 is 1. The van der Waals surface area contributed by atoms with Crippen molar-refractivity contribution in [2.24, 2.45) is 11.8 Å². The molecule has 5 fully saturated rings. The molecule has 6 amide bonds. The van der Waals surface area contributed by atoms with Crippen LogP contribution in [0.15, 0.2) is 146 Å². The smallest absolute Gasteiger partial charge is 0.420 e. The largest absolute Gasteiger partial charge is 0.469 e. The molecule has 0 radical (unpaired) electrons. The summed E-state index contributed by atoms with van der Waals surface area (Å²) < 4.78 is 232. The summed E-state index contributed by atoms with van der Waals surface area (Å²) in [4.78, 5) is 102. The average Bonchev–Trinajstić information content (AvgIpc) is 1.65. The molecule has 17 rings (SSSR count). The number of urea groups is 1. The third-order valence-electron chi connectivity index (χ3n) is 22.5. The predicted molar refractivity (Wildman–Crippen MR) is 433 cm³/mol. The van der Waals surface area contributed by atoms with Crippen LogP contribution in [0.1, 0.15) is 136 Å². The summed E-state index contributed by atoms with van der Waals surface area (Å²) in [5, 5.41) is 26.2. The Morgan fingerprint density at radius 1 is 0.400 bits per heavy atom. The van der Waals surface area contributed by atoms with Crippen LogP contribution in [0.4, 0.5) is 75.0 Å². The number of nitrogens with zero attached hydrogens (tertiary/aromatic N) is 18. The van der Waals surface area contributed by atoms with Gasteiger partial charge in [-0.2, -0.15) is 73.1 Å².